The van der Waals surface area contributed by atoms with E-state index in [2.05, 4.69) is 21.8 Å². The number of alkyl halides is 3. The molecule has 1 atom stereocenters. The predicted molar refractivity (Wildman–Crippen MR) is 92.8 cm³/mol. The van der Waals surface area contributed by atoms with E-state index in [4.69, 9.17) is 4.74 Å². The van der Waals surface area contributed by atoms with Crippen molar-refractivity contribution in [3.63, 3.8) is 0 Å². The van der Waals surface area contributed by atoms with Gasteiger partial charge < -0.3 is 4.74 Å². The van der Waals surface area contributed by atoms with Crippen LogP contribution in [0.2, 0.25) is 0 Å². The maximum atomic E-state index is 13.0. The zero-order valence-electron chi connectivity index (χ0n) is 15.1. The minimum atomic E-state index is -4.56. The van der Waals surface area contributed by atoms with Gasteiger partial charge in [-0.25, -0.2) is 9.97 Å². The molecule has 0 saturated carbocycles. The summed E-state index contributed by atoms with van der Waals surface area (Å²) in [5.41, 5.74) is 3.11. The van der Waals surface area contributed by atoms with E-state index in [0.29, 0.717) is 22.5 Å². The lowest BCUT2D eigenvalue weighted by Crippen LogP contribution is -2.37. The quantitative estimate of drug-likeness (QED) is 0.818. The Morgan fingerprint density at radius 2 is 1.65 bits per heavy atom. The number of ether oxygens (including phenoxy) is 1. The van der Waals surface area contributed by atoms with E-state index in [1.54, 1.807) is 13.8 Å². The van der Waals surface area contributed by atoms with E-state index in [1.165, 1.54) is 0 Å². The molecule has 1 aliphatic rings. The van der Waals surface area contributed by atoms with Crippen molar-refractivity contribution in [2.75, 3.05) is 26.3 Å². The number of nitrogens with zero attached hydrogens (tertiary/aromatic N) is 3. The Kier molecular flexibility index (Phi) is 5.29. The maximum Gasteiger partial charge on any atom is 0.451 e. The minimum Gasteiger partial charge on any atom is -0.379 e. The smallest absolute Gasteiger partial charge is 0.379 e. The molecule has 26 heavy (non-hydrogen) atoms. The second-order valence-corrected chi connectivity index (χ2v) is 6.55. The fourth-order valence-electron chi connectivity index (χ4n) is 3.13. The molecule has 1 aromatic heterocycles. The van der Waals surface area contributed by atoms with Gasteiger partial charge in [0, 0.05) is 30.4 Å². The Labute approximate surface area is 151 Å². The second kappa shape index (κ2) is 7.32. The zero-order chi connectivity index (χ0) is 18.9. The second-order valence-electron chi connectivity index (χ2n) is 6.55. The topological polar surface area (TPSA) is 38.2 Å². The molecule has 0 unspecified atom stereocenters. The standard InChI is InChI=1S/C19H22F3N3O/c1-12-13(2)23-18(19(20,21)22)24-17(12)16-6-4-15(5-7-16)14(3)25-8-10-26-11-9-25/h4-7,14H,8-11H2,1-3H3/t14-/m1/s1. The first-order valence-electron chi connectivity index (χ1n) is 8.62. The van der Waals surface area contributed by atoms with Crippen molar-refractivity contribution in [3.8, 4) is 11.3 Å². The van der Waals surface area contributed by atoms with Gasteiger partial charge in [-0.2, -0.15) is 13.2 Å². The van der Waals surface area contributed by atoms with Crippen LogP contribution >= 0.6 is 0 Å². The van der Waals surface area contributed by atoms with Crippen LogP contribution in [0, 0.1) is 13.8 Å². The SMILES string of the molecule is Cc1nc(C(F)(F)F)nc(-c2ccc([C@@H](C)N3CCOCC3)cc2)c1C. The molecule has 7 heteroatoms. The molecule has 0 N–H and O–H groups in total. The Hall–Kier alpha value is -1.99. The van der Waals surface area contributed by atoms with Crippen molar-refractivity contribution in [2.24, 2.45) is 0 Å². The molecule has 1 aromatic carbocycles. The van der Waals surface area contributed by atoms with Crippen LogP contribution in [0.15, 0.2) is 24.3 Å². The Bertz CT molecular complexity index is 769. The Balaban J connectivity index is 1.90. The van der Waals surface area contributed by atoms with Gasteiger partial charge in [-0.05, 0) is 31.9 Å². The fourth-order valence-corrected chi connectivity index (χ4v) is 3.13. The van der Waals surface area contributed by atoms with Gasteiger partial charge >= 0.3 is 6.18 Å². The van der Waals surface area contributed by atoms with Crippen LogP contribution in [-0.4, -0.2) is 41.2 Å². The summed E-state index contributed by atoms with van der Waals surface area (Å²) in [7, 11) is 0. The van der Waals surface area contributed by atoms with Crippen LogP contribution in [0.4, 0.5) is 13.2 Å². The lowest BCUT2D eigenvalue weighted by Gasteiger charge is -2.32. The molecule has 2 aromatic rings. The lowest BCUT2D eigenvalue weighted by atomic mass is 10.0. The van der Waals surface area contributed by atoms with E-state index in [-0.39, 0.29) is 6.04 Å². The van der Waals surface area contributed by atoms with Crippen molar-refractivity contribution in [2.45, 2.75) is 33.0 Å². The third-order valence-electron chi connectivity index (χ3n) is 4.90. The van der Waals surface area contributed by atoms with E-state index >= 15 is 0 Å². The number of rotatable bonds is 3. The summed E-state index contributed by atoms with van der Waals surface area (Å²) in [6, 6.07) is 7.81. The molecule has 4 nitrogen and oxygen atoms in total. The van der Waals surface area contributed by atoms with Gasteiger partial charge in [-0.3, -0.25) is 4.90 Å². The van der Waals surface area contributed by atoms with E-state index in [1.807, 2.05) is 24.3 Å². The largest absolute Gasteiger partial charge is 0.451 e. The summed E-state index contributed by atoms with van der Waals surface area (Å²) in [6.45, 7) is 8.65. The highest BCUT2D eigenvalue weighted by atomic mass is 19.4. The average Bonchev–Trinajstić information content (AvgIpc) is 2.63. The molecular weight excluding hydrogens is 343 g/mol. The lowest BCUT2D eigenvalue weighted by molar-refractivity contribution is -0.145. The molecular formula is C19H22F3N3O. The number of morpholine rings is 1. The van der Waals surface area contributed by atoms with Gasteiger partial charge in [-0.15, -0.1) is 0 Å². The normalized spacial score (nSPS) is 17.3. The van der Waals surface area contributed by atoms with Crippen LogP contribution in [0.5, 0.6) is 0 Å². The number of halogens is 3. The number of hydrogen-bond acceptors (Lipinski definition) is 4. The maximum absolute atomic E-state index is 13.0. The molecule has 0 aliphatic carbocycles. The van der Waals surface area contributed by atoms with Gasteiger partial charge in [0.05, 0.1) is 18.9 Å². The minimum absolute atomic E-state index is 0.229. The number of aromatic nitrogens is 2. The Morgan fingerprint density at radius 1 is 1.04 bits per heavy atom. The predicted octanol–water partition coefficient (Wildman–Crippen LogP) is 4.17. The van der Waals surface area contributed by atoms with Crippen LogP contribution < -0.4 is 0 Å². The highest BCUT2D eigenvalue weighted by Crippen LogP contribution is 2.31. The molecule has 1 fully saturated rings. The highest BCUT2D eigenvalue weighted by molar-refractivity contribution is 5.64. The molecule has 1 saturated heterocycles. The van der Waals surface area contributed by atoms with E-state index in [9.17, 15) is 13.2 Å². The monoisotopic (exact) mass is 365 g/mol. The third kappa shape index (κ3) is 3.88. The molecule has 2 heterocycles. The summed E-state index contributed by atoms with van der Waals surface area (Å²) in [5.74, 6) is -1.10. The summed E-state index contributed by atoms with van der Waals surface area (Å²) in [4.78, 5) is 9.69. The van der Waals surface area contributed by atoms with Crippen molar-refractivity contribution in [1.82, 2.24) is 14.9 Å². The first kappa shape index (κ1) is 18.8. The van der Waals surface area contributed by atoms with Crippen LogP contribution in [0.25, 0.3) is 11.3 Å². The van der Waals surface area contributed by atoms with Gasteiger partial charge in [0.15, 0.2) is 0 Å². The molecule has 140 valence electrons. The molecule has 0 radical (unpaired) electrons. The van der Waals surface area contributed by atoms with Crippen LogP contribution in [0.3, 0.4) is 0 Å². The summed E-state index contributed by atoms with van der Waals surface area (Å²) in [6.07, 6.45) is -4.56. The molecule has 0 bridgehead atoms. The van der Waals surface area contributed by atoms with E-state index in [0.717, 1.165) is 31.9 Å². The molecule has 3 rings (SSSR count). The van der Waals surface area contributed by atoms with Gasteiger partial charge in [0.1, 0.15) is 0 Å². The van der Waals surface area contributed by atoms with Crippen molar-refractivity contribution in [1.29, 1.82) is 0 Å². The van der Waals surface area contributed by atoms with E-state index < -0.39 is 12.0 Å². The fraction of sp³-hybridized carbons (Fsp3) is 0.474. The highest BCUT2D eigenvalue weighted by Gasteiger charge is 2.35. The average molecular weight is 365 g/mol. The first-order chi connectivity index (χ1) is 12.3. The number of hydrogen-bond donors (Lipinski definition) is 0. The summed E-state index contributed by atoms with van der Waals surface area (Å²) >= 11 is 0. The van der Waals surface area contributed by atoms with Crippen molar-refractivity contribution in [3.05, 3.63) is 46.9 Å². The Morgan fingerprint density at radius 3 is 2.23 bits per heavy atom. The molecule has 0 amide bonds. The number of benzene rings is 1. The van der Waals surface area contributed by atoms with Gasteiger partial charge in [-0.1, -0.05) is 24.3 Å². The zero-order valence-corrected chi connectivity index (χ0v) is 15.1. The first-order valence-corrected chi connectivity index (χ1v) is 8.62. The van der Waals surface area contributed by atoms with Crippen molar-refractivity contribution >= 4 is 0 Å². The summed E-state index contributed by atoms with van der Waals surface area (Å²) < 4.78 is 44.5. The van der Waals surface area contributed by atoms with Crippen LogP contribution in [0.1, 0.15) is 35.6 Å². The third-order valence-corrected chi connectivity index (χ3v) is 4.90. The van der Waals surface area contributed by atoms with Gasteiger partial charge in [0.2, 0.25) is 5.82 Å². The molecule has 1 aliphatic heterocycles. The van der Waals surface area contributed by atoms with Crippen LogP contribution in [-0.2, 0) is 10.9 Å². The number of aryl methyl sites for hydroxylation is 1. The van der Waals surface area contributed by atoms with Crippen molar-refractivity contribution < 1.29 is 17.9 Å². The summed E-state index contributed by atoms with van der Waals surface area (Å²) in [5, 5.41) is 0. The van der Waals surface area contributed by atoms with Gasteiger partial charge in [0.25, 0.3) is 0 Å². The molecule has 0 spiro atoms.